The van der Waals surface area contributed by atoms with Gasteiger partial charge in [-0.25, -0.2) is 4.79 Å². The predicted molar refractivity (Wildman–Crippen MR) is 104 cm³/mol. The van der Waals surface area contributed by atoms with Crippen LogP contribution >= 0.6 is 0 Å². The second kappa shape index (κ2) is 10.6. The van der Waals surface area contributed by atoms with Crippen molar-refractivity contribution in [3.63, 3.8) is 0 Å². The SMILES string of the molecule is CCOc1cc(C(=O)N2CCC(NC(=O)OC)CC2)cc(OCC)c1OCC. The molecule has 0 unspecified atom stereocenters. The van der Waals surface area contributed by atoms with Gasteiger partial charge in [-0.2, -0.15) is 0 Å². The molecule has 28 heavy (non-hydrogen) atoms. The Labute approximate surface area is 166 Å². The van der Waals surface area contributed by atoms with Crippen LogP contribution in [0.3, 0.4) is 0 Å². The van der Waals surface area contributed by atoms with Gasteiger partial charge in [0.25, 0.3) is 5.91 Å². The molecule has 1 aliphatic rings. The van der Waals surface area contributed by atoms with Gasteiger partial charge >= 0.3 is 6.09 Å². The zero-order valence-corrected chi connectivity index (χ0v) is 17.1. The molecule has 1 aromatic rings. The van der Waals surface area contributed by atoms with Crippen molar-refractivity contribution >= 4 is 12.0 Å². The van der Waals surface area contributed by atoms with Crippen LogP contribution in [0.25, 0.3) is 0 Å². The van der Waals surface area contributed by atoms with Crippen molar-refractivity contribution in [2.75, 3.05) is 40.0 Å². The standard InChI is InChI=1S/C20H30N2O6/c1-5-26-16-12-14(13-17(27-6-2)18(16)28-7-3)19(23)22-10-8-15(9-11-22)21-20(24)25-4/h12-13,15H,5-11H2,1-4H3,(H,21,24). The number of carbonyl (C=O) groups is 2. The molecule has 8 nitrogen and oxygen atoms in total. The molecule has 0 bridgehead atoms. The van der Waals surface area contributed by atoms with Gasteiger partial charge in [-0.15, -0.1) is 0 Å². The molecule has 8 heteroatoms. The zero-order valence-electron chi connectivity index (χ0n) is 17.1. The number of ether oxygens (including phenoxy) is 4. The van der Waals surface area contributed by atoms with Crippen LogP contribution in [0.2, 0.25) is 0 Å². The number of piperidine rings is 1. The molecule has 0 radical (unpaired) electrons. The molecule has 1 fully saturated rings. The van der Waals surface area contributed by atoms with E-state index in [0.717, 1.165) is 0 Å². The van der Waals surface area contributed by atoms with Crippen LogP contribution < -0.4 is 19.5 Å². The minimum atomic E-state index is -0.445. The van der Waals surface area contributed by atoms with Gasteiger partial charge in [0.1, 0.15) is 0 Å². The quantitative estimate of drug-likeness (QED) is 0.730. The second-order valence-corrected chi connectivity index (χ2v) is 6.30. The van der Waals surface area contributed by atoms with Crippen molar-refractivity contribution < 1.29 is 28.5 Å². The number of nitrogens with one attached hydrogen (secondary N) is 1. The number of hydrogen-bond donors (Lipinski definition) is 1. The van der Waals surface area contributed by atoms with E-state index < -0.39 is 6.09 Å². The fourth-order valence-electron chi connectivity index (χ4n) is 3.15. The smallest absolute Gasteiger partial charge is 0.407 e. The maximum absolute atomic E-state index is 13.0. The van der Waals surface area contributed by atoms with Crippen molar-refractivity contribution in [2.45, 2.75) is 39.7 Å². The normalized spacial score (nSPS) is 14.4. The monoisotopic (exact) mass is 394 g/mol. The number of methoxy groups -OCH3 is 1. The topological polar surface area (TPSA) is 86.3 Å². The van der Waals surface area contributed by atoms with Crippen molar-refractivity contribution in [3.05, 3.63) is 17.7 Å². The summed E-state index contributed by atoms with van der Waals surface area (Å²) >= 11 is 0. The largest absolute Gasteiger partial charge is 0.490 e. The van der Waals surface area contributed by atoms with Crippen LogP contribution in [0.15, 0.2) is 12.1 Å². The molecule has 156 valence electrons. The Bertz CT molecular complexity index is 644. The van der Waals surface area contributed by atoms with Gasteiger partial charge in [0.15, 0.2) is 11.5 Å². The lowest BCUT2D eigenvalue weighted by molar-refractivity contribution is 0.0703. The van der Waals surface area contributed by atoms with E-state index in [-0.39, 0.29) is 11.9 Å². The number of alkyl carbamates (subject to hydrolysis) is 1. The lowest BCUT2D eigenvalue weighted by Crippen LogP contribution is -2.46. The third-order valence-electron chi connectivity index (χ3n) is 4.45. The summed E-state index contributed by atoms with van der Waals surface area (Å²) < 4.78 is 21.7. The van der Waals surface area contributed by atoms with Gasteiger partial charge in [-0.1, -0.05) is 0 Å². The molecule has 0 aliphatic carbocycles. The predicted octanol–water partition coefficient (Wildman–Crippen LogP) is 2.84. The summed E-state index contributed by atoms with van der Waals surface area (Å²) in [6.07, 6.45) is 0.905. The first kappa shape index (κ1) is 21.7. The van der Waals surface area contributed by atoms with Crippen LogP contribution in [0, 0.1) is 0 Å². The number of nitrogens with zero attached hydrogens (tertiary/aromatic N) is 1. The van der Waals surface area contributed by atoms with E-state index in [1.165, 1.54) is 7.11 Å². The fraction of sp³-hybridized carbons (Fsp3) is 0.600. The van der Waals surface area contributed by atoms with Crippen molar-refractivity contribution in [1.82, 2.24) is 10.2 Å². The number of benzene rings is 1. The number of rotatable bonds is 8. The van der Waals surface area contributed by atoms with Crippen LogP contribution in [0.5, 0.6) is 17.2 Å². The van der Waals surface area contributed by atoms with Crippen LogP contribution in [-0.2, 0) is 4.74 Å². The van der Waals surface area contributed by atoms with Gasteiger partial charge in [-0.05, 0) is 45.7 Å². The van der Waals surface area contributed by atoms with Gasteiger partial charge in [0.2, 0.25) is 5.75 Å². The Morgan fingerprint density at radius 2 is 1.54 bits per heavy atom. The van der Waals surface area contributed by atoms with E-state index in [1.54, 1.807) is 17.0 Å². The van der Waals surface area contributed by atoms with E-state index in [0.29, 0.717) is 68.6 Å². The Balaban J connectivity index is 2.17. The van der Waals surface area contributed by atoms with Crippen LogP contribution in [-0.4, -0.2) is 63.0 Å². The second-order valence-electron chi connectivity index (χ2n) is 6.30. The fourth-order valence-corrected chi connectivity index (χ4v) is 3.15. The molecule has 1 N–H and O–H groups in total. The summed E-state index contributed by atoms with van der Waals surface area (Å²) in [6, 6.07) is 3.42. The van der Waals surface area contributed by atoms with E-state index in [9.17, 15) is 9.59 Å². The van der Waals surface area contributed by atoms with Gasteiger partial charge in [0, 0.05) is 24.7 Å². The van der Waals surface area contributed by atoms with Crippen molar-refractivity contribution in [3.8, 4) is 17.2 Å². The average Bonchev–Trinajstić information content (AvgIpc) is 2.70. The summed E-state index contributed by atoms with van der Waals surface area (Å²) in [5.74, 6) is 1.42. The highest BCUT2D eigenvalue weighted by molar-refractivity contribution is 5.95. The van der Waals surface area contributed by atoms with Crippen molar-refractivity contribution in [2.24, 2.45) is 0 Å². The van der Waals surface area contributed by atoms with E-state index in [1.807, 2.05) is 20.8 Å². The van der Waals surface area contributed by atoms with Crippen molar-refractivity contribution in [1.29, 1.82) is 0 Å². The molecule has 1 heterocycles. The molecule has 1 saturated heterocycles. The first-order valence-corrected chi connectivity index (χ1v) is 9.74. The summed E-state index contributed by atoms with van der Waals surface area (Å²) in [5.41, 5.74) is 0.495. The molecule has 2 amide bonds. The maximum atomic E-state index is 13.0. The van der Waals surface area contributed by atoms with E-state index in [4.69, 9.17) is 14.2 Å². The van der Waals surface area contributed by atoms with Gasteiger partial charge < -0.3 is 29.2 Å². The highest BCUT2D eigenvalue weighted by atomic mass is 16.5. The number of likely N-dealkylation sites (tertiary alicyclic amines) is 1. The van der Waals surface area contributed by atoms with Gasteiger partial charge in [0.05, 0.1) is 26.9 Å². The Morgan fingerprint density at radius 1 is 1.00 bits per heavy atom. The molecule has 0 atom stereocenters. The summed E-state index contributed by atoms with van der Waals surface area (Å²) in [6.45, 7) is 8.11. The number of hydrogen-bond acceptors (Lipinski definition) is 6. The third-order valence-corrected chi connectivity index (χ3v) is 4.45. The van der Waals surface area contributed by atoms with E-state index in [2.05, 4.69) is 10.1 Å². The molecule has 1 aromatic carbocycles. The molecular formula is C20H30N2O6. The maximum Gasteiger partial charge on any atom is 0.407 e. The lowest BCUT2D eigenvalue weighted by Gasteiger charge is -2.32. The number of amides is 2. The zero-order chi connectivity index (χ0) is 20.5. The minimum Gasteiger partial charge on any atom is -0.490 e. The highest BCUT2D eigenvalue weighted by Gasteiger charge is 2.26. The Hall–Kier alpha value is -2.64. The first-order valence-electron chi connectivity index (χ1n) is 9.74. The Kier molecular flexibility index (Phi) is 8.22. The lowest BCUT2D eigenvalue weighted by atomic mass is 10.0. The molecule has 0 saturated carbocycles. The van der Waals surface area contributed by atoms with Crippen LogP contribution in [0.4, 0.5) is 4.79 Å². The van der Waals surface area contributed by atoms with Gasteiger partial charge in [-0.3, -0.25) is 4.79 Å². The van der Waals surface area contributed by atoms with E-state index >= 15 is 0 Å². The average molecular weight is 394 g/mol. The summed E-state index contributed by atoms with van der Waals surface area (Å²) in [5, 5.41) is 2.79. The summed E-state index contributed by atoms with van der Waals surface area (Å²) in [4.78, 5) is 26.1. The Morgan fingerprint density at radius 3 is 2.00 bits per heavy atom. The molecule has 2 rings (SSSR count). The molecular weight excluding hydrogens is 364 g/mol. The summed E-state index contributed by atoms with van der Waals surface area (Å²) in [7, 11) is 1.34. The molecule has 1 aliphatic heterocycles. The first-order chi connectivity index (χ1) is 13.5. The minimum absolute atomic E-state index is 0.00908. The number of carbonyl (C=O) groups excluding carboxylic acids is 2. The molecule has 0 aromatic heterocycles. The molecule has 0 spiro atoms. The highest BCUT2D eigenvalue weighted by Crippen LogP contribution is 2.39. The van der Waals surface area contributed by atoms with Crippen LogP contribution in [0.1, 0.15) is 44.0 Å². The third kappa shape index (κ3) is 5.43.